The van der Waals surface area contributed by atoms with E-state index in [-0.39, 0.29) is 0 Å². The molecule has 0 unspecified atom stereocenters. The number of benzene rings is 2. The lowest BCUT2D eigenvalue weighted by molar-refractivity contribution is 0.0588. The van der Waals surface area contributed by atoms with Gasteiger partial charge in [-0.1, -0.05) is 18.2 Å². The van der Waals surface area contributed by atoms with Crippen LogP contribution in [0.1, 0.15) is 32.2 Å². The fourth-order valence-corrected chi connectivity index (χ4v) is 4.44. The number of aryl methyl sites for hydroxylation is 2. The molecule has 0 bridgehead atoms. The molecule has 0 saturated carbocycles. The predicted octanol–water partition coefficient (Wildman–Crippen LogP) is 7.43. The normalized spacial score (nSPS) is 11.5. The molecule has 0 aliphatic rings. The first-order chi connectivity index (χ1) is 19.0. The topological polar surface area (TPSA) is 85.2 Å². The van der Waals surface area contributed by atoms with E-state index >= 15 is 0 Å². The Morgan fingerprint density at radius 3 is 2.25 bits per heavy atom. The molecule has 2 aromatic carbocycles. The molecule has 0 spiro atoms. The number of rotatable bonds is 5. The van der Waals surface area contributed by atoms with Crippen LogP contribution in [-0.4, -0.2) is 38.3 Å². The van der Waals surface area contributed by atoms with Crippen LogP contribution < -0.4 is 10.2 Å². The number of nitrogens with one attached hydrogen (secondary N) is 1. The molecule has 40 heavy (non-hydrogen) atoms. The average molecular weight is 535 g/mol. The van der Waals surface area contributed by atoms with Crippen LogP contribution >= 0.6 is 0 Å². The van der Waals surface area contributed by atoms with E-state index in [9.17, 15) is 4.79 Å². The van der Waals surface area contributed by atoms with Gasteiger partial charge in [0, 0.05) is 48.7 Å². The molecule has 3 aromatic heterocycles. The minimum absolute atomic E-state index is 0.442. The highest BCUT2D eigenvalue weighted by molar-refractivity contribution is 5.89. The fraction of sp³-hybridized carbons (Fsp3) is 0.250. The van der Waals surface area contributed by atoms with Gasteiger partial charge in [-0.2, -0.15) is 0 Å². The van der Waals surface area contributed by atoms with Crippen molar-refractivity contribution in [2.75, 3.05) is 17.3 Å². The number of nitrogens with zero attached hydrogens (tertiary/aromatic N) is 5. The van der Waals surface area contributed by atoms with Crippen molar-refractivity contribution < 1.29 is 9.53 Å². The van der Waals surface area contributed by atoms with Crippen molar-refractivity contribution in [2.24, 2.45) is 7.05 Å². The van der Waals surface area contributed by atoms with Crippen molar-refractivity contribution >= 4 is 34.2 Å². The van der Waals surface area contributed by atoms with Crippen LogP contribution in [0.2, 0.25) is 0 Å². The number of amides is 1. The number of imidazole rings is 1. The Labute approximate surface area is 234 Å². The minimum atomic E-state index is -0.569. The summed E-state index contributed by atoms with van der Waals surface area (Å²) >= 11 is 0. The van der Waals surface area contributed by atoms with Gasteiger partial charge < -0.3 is 14.6 Å². The van der Waals surface area contributed by atoms with Crippen LogP contribution in [0.25, 0.3) is 33.2 Å². The second-order valence-electron chi connectivity index (χ2n) is 11.0. The molecule has 5 rings (SSSR count). The second kappa shape index (κ2) is 10.4. The van der Waals surface area contributed by atoms with E-state index < -0.39 is 11.7 Å². The molecule has 0 aliphatic carbocycles. The number of hydrogen-bond acceptors (Lipinski definition) is 6. The maximum atomic E-state index is 12.4. The van der Waals surface area contributed by atoms with Gasteiger partial charge in [0.15, 0.2) is 0 Å². The standard InChI is InChI=1S/C32H34N6O2/c1-20-14-23(28-19-33-21(2)37(28)6)10-12-27(20)36-29-16-26-15-22(8-9-25(26)17-34-29)24-11-13-30(35-18-24)38(7)31(39)40-32(3,4)5/h8-19H,1-7H3,(H,34,36). The summed E-state index contributed by atoms with van der Waals surface area (Å²) in [5.74, 6) is 2.27. The molecule has 1 N–H and O–H groups in total. The SMILES string of the molecule is Cc1cc(-c2cnc(C)n2C)ccc1Nc1cc2cc(-c3ccc(N(C)C(=O)OC(C)(C)C)nc3)ccc2cn1. The number of aromatic nitrogens is 4. The fourth-order valence-electron chi connectivity index (χ4n) is 4.44. The number of anilines is 3. The largest absolute Gasteiger partial charge is 0.443 e. The quantitative estimate of drug-likeness (QED) is 0.252. The van der Waals surface area contributed by atoms with Crippen molar-refractivity contribution in [3.63, 3.8) is 0 Å². The average Bonchev–Trinajstić information content (AvgIpc) is 3.26. The van der Waals surface area contributed by atoms with Crippen molar-refractivity contribution in [1.82, 2.24) is 19.5 Å². The molecule has 8 nitrogen and oxygen atoms in total. The van der Waals surface area contributed by atoms with Gasteiger partial charge >= 0.3 is 6.09 Å². The molecule has 8 heteroatoms. The van der Waals surface area contributed by atoms with Crippen LogP contribution in [0.3, 0.4) is 0 Å². The van der Waals surface area contributed by atoms with Gasteiger partial charge in [-0.25, -0.2) is 19.7 Å². The number of ether oxygens (including phenoxy) is 1. The lowest BCUT2D eigenvalue weighted by atomic mass is 10.0. The third kappa shape index (κ3) is 5.66. The molecule has 0 atom stereocenters. The number of carbonyl (C=O) groups is 1. The Bertz CT molecular complexity index is 1700. The zero-order chi connectivity index (χ0) is 28.6. The monoisotopic (exact) mass is 534 g/mol. The van der Waals surface area contributed by atoms with Crippen LogP contribution in [0.5, 0.6) is 0 Å². The number of fused-ring (bicyclic) bond motifs is 1. The van der Waals surface area contributed by atoms with E-state index in [0.29, 0.717) is 5.82 Å². The highest BCUT2D eigenvalue weighted by Gasteiger charge is 2.21. The smallest absolute Gasteiger partial charge is 0.415 e. The Morgan fingerprint density at radius 1 is 0.850 bits per heavy atom. The lowest BCUT2D eigenvalue weighted by Crippen LogP contribution is -2.34. The van der Waals surface area contributed by atoms with E-state index in [1.165, 1.54) is 4.90 Å². The predicted molar refractivity (Wildman–Crippen MR) is 161 cm³/mol. The summed E-state index contributed by atoms with van der Waals surface area (Å²) in [6.45, 7) is 9.61. The maximum Gasteiger partial charge on any atom is 0.415 e. The van der Waals surface area contributed by atoms with Crippen molar-refractivity contribution in [3.05, 3.63) is 84.6 Å². The van der Waals surface area contributed by atoms with E-state index in [0.717, 1.165) is 56.0 Å². The first-order valence-corrected chi connectivity index (χ1v) is 13.2. The summed E-state index contributed by atoms with van der Waals surface area (Å²) in [4.78, 5) is 27.3. The second-order valence-corrected chi connectivity index (χ2v) is 11.0. The Kier molecular flexibility index (Phi) is 7.02. The molecular weight excluding hydrogens is 500 g/mol. The van der Waals surface area contributed by atoms with Gasteiger partial charge in [-0.15, -0.1) is 0 Å². The Balaban J connectivity index is 1.35. The van der Waals surface area contributed by atoms with Gasteiger partial charge in [-0.05, 0) is 87.5 Å². The van der Waals surface area contributed by atoms with E-state index in [1.807, 2.05) is 59.3 Å². The van der Waals surface area contributed by atoms with Gasteiger partial charge in [0.05, 0.1) is 11.9 Å². The third-order valence-electron chi connectivity index (χ3n) is 6.82. The zero-order valence-electron chi connectivity index (χ0n) is 24.0. The van der Waals surface area contributed by atoms with Gasteiger partial charge in [0.2, 0.25) is 0 Å². The highest BCUT2D eigenvalue weighted by Crippen LogP contribution is 2.30. The van der Waals surface area contributed by atoms with Crippen molar-refractivity contribution in [3.8, 4) is 22.4 Å². The molecule has 3 heterocycles. The molecule has 1 amide bonds. The molecule has 204 valence electrons. The first kappa shape index (κ1) is 26.9. The van der Waals surface area contributed by atoms with Gasteiger partial charge in [-0.3, -0.25) is 4.90 Å². The summed E-state index contributed by atoms with van der Waals surface area (Å²) in [5, 5.41) is 5.58. The Morgan fingerprint density at radius 2 is 1.60 bits per heavy atom. The third-order valence-corrected chi connectivity index (χ3v) is 6.82. The Hall–Kier alpha value is -4.72. The van der Waals surface area contributed by atoms with Gasteiger partial charge in [0.25, 0.3) is 0 Å². The molecule has 0 aliphatic heterocycles. The van der Waals surface area contributed by atoms with E-state index in [4.69, 9.17) is 4.74 Å². The zero-order valence-corrected chi connectivity index (χ0v) is 24.0. The molecule has 0 saturated heterocycles. The first-order valence-electron chi connectivity index (χ1n) is 13.2. The van der Waals surface area contributed by atoms with Crippen LogP contribution in [0.15, 0.2) is 73.2 Å². The molecule has 0 radical (unpaired) electrons. The lowest BCUT2D eigenvalue weighted by Gasteiger charge is -2.24. The number of hydrogen-bond donors (Lipinski definition) is 1. The van der Waals surface area contributed by atoms with E-state index in [1.54, 1.807) is 13.2 Å². The highest BCUT2D eigenvalue weighted by atomic mass is 16.6. The summed E-state index contributed by atoms with van der Waals surface area (Å²) in [6.07, 6.45) is 5.11. The van der Waals surface area contributed by atoms with E-state index in [2.05, 4.69) is 74.2 Å². The molecule has 5 aromatic rings. The minimum Gasteiger partial charge on any atom is -0.443 e. The number of pyridine rings is 2. The van der Waals surface area contributed by atoms with Crippen LogP contribution in [-0.2, 0) is 11.8 Å². The van der Waals surface area contributed by atoms with Crippen LogP contribution in [0, 0.1) is 13.8 Å². The maximum absolute atomic E-state index is 12.4. The molecule has 0 fully saturated rings. The van der Waals surface area contributed by atoms with Crippen molar-refractivity contribution in [1.29, 1.82) is 0 Å². The summed E-state index contributed by atoms with van der Waals surface area (Å²) < 4.78 is 7.53. The molecular formula is C32H34N6O2. The summed E-state index contributed by atoms with van der Waals surface area (Å²) in [5.41, 5.74) is 5.73. The summed E-state index contributed by atoms with van der Waals surface area (Å²) in [7, 11) is 3.68. The van der Waals surface area contributed by atoms with Gasteiger partial charge in [0.1, 0.15) is 23.1 Å². The van der Waals surface area contributed by atoms with Crippen LogP contribution in [0.4, 0.5) is 22.1 Å². The van der Waals surface area contributed by atoms with Crippen molar-refractivity contribution in [2.45, 2.75) is 40.2 Å². The number of carbonyl (C=O) groups excluding carboxylic acids is 1. The summed E-state index contributed by atoms with van der Waals surface area (Å²) in [6, 6.07) is 18.4.